The molecule has 2 N–H and O–H groups in total. The van der Waals surface area contributed by atoms with Crippen LogP contribution in [0.25, 0.3) is 0 Å². The van der Waals surface area contributed by atoms with Crippen molar-refractivity contribution in [2.24, 2.45) is 0 Å². The minimum atomic E-state index is -0.696. The first kappa shape index (κ1) is 23.5. The Labute approximate surface area is 180 Å². The normalized spacial score (nSPS) is 13.3. The van der Waals surface area contributed by atoms with E-state index in [9.17, 15) is 9.59 Å². The smallest absolute Gasteiger partial charge is 0.279 e. The fraction of sp³-hybridized carbons (Fsp3) is 0.440. The van der Waals surface area contributed by atoms with Gasteiger partial charge in [-0.2, -0.15) is 0 Å². The quantitative estimate of drug-likeness (QED) is 0.623. The molecule has 0 radical (unpaired) electrons. The van der Waals surface area contributed by atoms with Gasteiger partial charge in [0.05, 0.1) is 0 Å². The number of ether oxygens (including phenoxy) is 1. The SMILES string of the molecule is CCC(Oc1ccccc1C(C)CC)C(=O)NNC(=O)c1ccc(C(C)(C)C)cc1. The summed E-state index contributed by atoms with van der Waals surface area (Å²) in [5, 5.41) is 0. The lowest BCUT2D eigenvalue weighted by atomic mass is 9.87. The lowest BCUT2D eigenvalue weighted by molar-refractivity contribution is -0.128. The van der Waals surface area contributed by atoms with E-state index in [1.807, 2.05) is 43.3 Å². The van der Waals surface area contributed by atoms with E-state index in [1.165, 1.54) is 0 Å². The zero-order valence-electron chi connectivity index (χ0n) is 18.9. The molecule has 0 aliphatic carbocycles. The van der Waals surface area contributed by atoms with Gasteiger partial charge in [-0.15, -0.1) is 0 Å². The lowest BCUT2D eigenvalue weighted by Crippen LogP contribution is -2.48. The third kappa shape index (κ3) is 6.09. The fourth-order valence-electron chi connectivity index (χ4n) is 3.08. The van der Waals surface area contributed by atoms with Crippen molar-refractivity contribution in [1.29, 1.82) is 0 Å². The number of para-hydroxylation sites is 1. The van der Waals surface area contributed by atoms with Gasteiger partial charge < -0.3 is 4.74 Å². The molecule has 0 saturated heterocycles. The van der Waals surface area contributed by atoms with Crippen LogP contribution in [-0.2, 0) is 10.2 Å². The molecule has 2 unspecified atom stereocenters. The van der Waals surface area contributed by atoms with E-state index in [0.29, 0.717) is 23.7 Å². The van der Waals surface area contributed by atoms with E-state index in [4.69, 9.17) is 4.74 Å². The van der Waals surface area contributed by atoms with Crippen molar-refractivity contribution < 1.29 is 14.3 Å². The molecule has 0 heterocycles. The highest BCUT2D eigenvalue weighted by Gasteiger charge is 2.21. The Kier molecular flexibility index (Phi) is 8.04. The topological polar surface area (TPSA) is 67.4 Å². The molecule has 2 rings (SSSR count). The molecule has 2 amide bonds. The highest BCUT2D eigenvalue weighted by atomic mass is 16.5. The molecule has 2 aromatic rings. The van der Waals surface area contributed by atoms with Crippen LogP contribution >= 0.6 is 0 Å². The molecule has 0 fully saturated rings. The number of hydrazine groups is 1. The molecule has 0 saturated carbocycles. The van der Waals surface area contributed by atoms with Crippen LogP contribution in [0.4, 0.5) is 0 Å². The second kappa shape index (κ2) is 10.3. The third-order valence-corrected chi connectivity index (χ3v) is 5.31. The number of nitrogens with one attached hydrogen (secondary N) is 2. The number of hydrogen-bond donors (Lipinski definition) is 2. The average Bonchev–Trinajstić information content (AvgIpc) is 2.74. The van der Waals surface area contributed by atoms with E-state index in [1.54, 1.807) is 12.1 Å². The second-order valence-corrected chi connectivity index (χ2v) is 8.63. The Morgan fingerprint density at radius 1 is 0.933 bits per heavy atom. The number of rotatable bonds is 7. The maximum atomic E-state index is 12.6. The number of benzene rings is 2. The second-order valence-electron chi connectivity index (χ2n) is 8.63. The lowest BCUT2D eigenvalue weighted by Gasteiger charge is -2.21. The summed E-state index contributed by atoms with van der Waals surface area (Å²) in [6.45, 7) is 12.5. The maximum absolute atomic E-state index is 12.6. The van der Waals surface area contributed by atoms with Gasteiger partial charge in [-0.3, -0.25) is 20.4 Å². The first-order chi connectivity index (χ1) is 14.2. The molecular formula is C25H34N2O3. The van der Waals surface area contributed by atoms with Crippen molar-refractivity contribution in [2.75, 3.05) is 0 Å². The van der Waals surface area contributed by atoms with Crippen LogP contribution < -0.4 is 15.6 Å². The molecular weight excluding hydrogens is 376 g/mol. The van der Waals surface area contributed by atoms with Crippen molar-refractivity contribution in [3.63, 3.8) is 0 Å². The predicted octanol–water partition coefficient (Wildman–Crippen LogP) is 5.12. The van der Waals surface area contributed by atoms with E-state index in [0.717, 1.165) is 17.5 Å². The molecule has 162 valence electrons. The summed E-state index contributed by atoms with van der Waals surface area (Å²) in [5.74, 6) is 0.297. The van der Waals surface area contributed by atoms with Gasteiger partial charge in [0, 0.05) is 5.56 Å². The molecule has 0 spiro atoms. The highest BCUT2D eigenvalue weighted by Crippen LogP contribution is 2.29. The zero-order valence-corrected chi connectivity index (χ0v) is 18.9. The van der Waals surface area contributed by atoms with Crippen molar-refractivity contribution in [3.8, 4) is 5.75 Å². The monoisotopic (exact) mass is 410 g/mol. The number of amides is 2. The molecule has 5 heteroatoms. The summed E-state index contributed by atoms with van der Waals surface area (Å²) in [6, 6.07) is 15.2. The number of carbonyl (C=O) groups excluding carboxylic acids is 2. The first-order valence-corrected chi connectivity index (χ1v) is 10.6. The number of carbonyl (C=O) groups is 2. The van der Waals surface area contributed by atoms with Crippen molar-refractivity contribution in [1.82, 2.24) is 10.9 Å². The summed E-state index contributed by atoms with van der Waals surface area (Å²) in [7, 11) is 0. The Balaban J connectivity index is 2.00. The minimum absolute atomic E-state index is 0.0144. The van der Waals surface area contributed by atoms with Crippen LogP contribution in [0.2, 0.25) is 0 Å². The van der Waals surface area contributed by atoms with Gasteiger partial charge >= 0.3 is 0 Å². The minimum Gasteiger partial charge on any atom is -0.480 e. The number of hydrogen-bond acceptors (Lipinski definition) is 3. The van der Waals surface area contributed by atoms with Crippen LogP contribution in [-0.4, -0.2) is 17.9 Å². The Bertz CT molecular complexity index is 853. The van der Waals surface area contributed by atoms with Gasteiger partial charge in [-0.05, 0) is 53.5 Å². The Hall–Kier alpha value is -2.82. The largest absolute Gasteiger partial charge is 0.480 e. The standard InChI is InChI=1S/C25H34N2O3/c1-7-17(3)20-11-9-10-12-22(20)30-21(8-2)24(29)27-26-23(28)18-13-15-19(16-14-18)25(4,5)6/h9-17,21H,7-8H2,1-6H3,(H,26,28)(H,27,29). The Morgan fingerprint density at radius 2 is 1.57 bits per heavy atom. The fourth-order valence-corrected chi connectivity index (χ4v) is 3.08. The predicted molar refractivity (Wildman–Crippen MR) is 121 cm³/mol. The van der Waals surface area contributed by atoms with Crippen LogP contribution in [0.5, 0.6) is 5.75 Å². The van der Waals surface area contributed by atoms with Gasteiger partial charge in [0.25, 0.3) is 11.8 Å². The van der Waals surface area contributed by atoms with Gasteiger partial charge in [-0.25, -0.2) is 0 Å². The van der Waals surface area contributed by atoms with Crippen LogP contribution in [0.1, 0.15) is 81.8 Å². The van der Waals surface area contributed by atoms with Crippen molar-refractivity contribution >= 4 is 11.8 Å². The summed E-state index contributed by atoms with van der Waals surface area (Å²) >= 11 is 0. The van der Waals surface area contributed by atoms with E-state index in [2.05, 4.69) is 45.5 Å². The molecule has 30 heavy (non-hydrogen) atoms. The molecule has 2 atom stereocenters. The van der Waals surface area contributed by atoms with Crippen LogP contribution in [0, 0.1) is 0 Å². The highest BCUT2D eigenvalue weighted by molar-refractivity contribution is 5.95. The first-order valence-electron chi connectivity index (χ1n) is 10.6. The van der Waals surface area contributed by atoms with Gasteiger partial charge in [0.1, 0.15) is 5.75 Å². The van der Waals surface area contributed by atoms with Crippen LogP contribution in [0.15, 0.2) is 48.5 Å². The molecule has 0 aliphatic heterocycles. The van der Waals surface area contributed by atoms with Crippen molar-refractivity contribution in [2.45, 2.75) is 71.8 Å². The van der Waals surface area contributed by atoms with Gasteiger partial charge in [0.2, 0.25) is 0 Å². The molecule has 0 aromatic heterocycles. The summed E-state index contributed by atoms with van der Waals surface area (Å²) < 4.78 is 6.01. The van der Waals surface area contributed by atoms with Gasteiger partial charge in [0.15, 0.2) is 6.10 Å². The maximum Gasteiger partial charge on any atom is 0.279 e. The summed E-state index contributed by atoms with van der Waals surface area (Å²) in [4.78, 5) is 25.0. The van der Waals surface area contributed by atoms with Crippen LogP contribution in [0.3, 0.4) is 0 Å². The summed E-state index contributed by atoms with van der Waals surface area (Å²) in [6.07, 6.45) is 0.767. The molecule has 5 nitrogen and oxygen atoms in total. The molecule has 0 aliphatic rings. The molecule has 0 bridgehead atoms. The zero-order chi connectivity index (χ0) is 22.3. The average molecular weight is 411 g/mol. The van der Waals surface area contributed by atoms with E-state index in [-0.39, 0.29) is 17.2 Å². The molecule has 2 aromatic carbocycles. The summed E-state index contributed by atoms with van der Waals surface area (Å²) in [5.41, 5.74) is 7.70. The third-order valence-electron chi connectivity index (χ3n) is 5.31. The van der Waals surface area contributed by atoms with E-state index >= 15 is 0 Å². The van der Waals surface area contributed by atoms with Gasteiger partial charge in [-0.1, -0.05) is 71.9 Å². The van der Waals surface area contributed by atoms with Crippen molar-refractivity contribution in [3.05, 3.63) is 65.2 Å². The van der Waals surface area contributed by atoms with E-state index < -0.39 is 6.10 Å². The Morgan fingerprint density at radius 3 is 2.13 bits per heavy atom.